The summed E-state index contributed by atoms with van der Waals surface area (Å²) in [6.07, 6.45) is 1.66. The highest BCUT2D eigenvalue weighted by molar-refractivity contribution is 6.51. The number of rotatable bonds is 0. The third-order valence-electron chi connectivity index (χ3n) is 2.24. The summed E-state index contributed by atoms with van der Waals surface area (Å²) in [4.78, 5) is 0. The number of hydrogen-bond acceptors (Lipinski definition) is 2. The molecule has 0 atom stereocenters. The van der Waals surface area contributed by atoms with Crippen molar-refractivity contribution < 1.29 is 0 Å². The fourth-order valence-corrected chi connectivity index (χ4v) is 1.83. The van der Waals surface area contributed by atoms with E-state index in [2.05, 4.69) is 0 Å². The van der Waals surface area contributed by atoms with Gasteiger partial charge in [-0.1, -0.05) is 35.9 Å². The number of allylic oxidation sites excluding steroid dienone is 3. The highest BCUT2D eigenvalue weighted by atomic mass is 35.5. The minimum absolute atomic E-state index is 0.0955. The zero-order valence-electron chi connectivity index (χ0n) is 7.66. The van der Waals surface area contributed by atoms with Crippen molar-refractivity contribution in [3.8, 4) is 12.1 Å². The van der Waals surface area contributed by atoms with E-state index in [0.717, 1.165) is 11.1 Å². The third-order valence-corrected chi connectivity index (χ3v) is 2.55. The smallest absolute Gasteiger partial charge is 0.137 e. The van der Waals surface area contributed by atoms with Crippen LogP contribution in [0.5, 0.6) is 0 Å². The number of hydrogen-bond donors (Lipinski definition) is 0. The van der Waals surface area contributed by atoms with Crippen molar-refractivity contribution in [2.24, 2.45) is 0 Å². The largest absolute Gasteiger partial charge is 0.192 e. The topological polar surface area (TPSA) is 47.6 Å². The second kappa shape index (κ2) is 3.61. The minimum atomic E-state index is 0.0955. The Labute approximate surface area is 92.3 Å². The fourth-order valence-electron chi connectivity index (χ4n) is 1.56. The molecule has 0 saturated carbocycles. The molecule has 0 fully saturated rings. The molecular weight excluding hydrogens is 208 g/mol. The Morgan fingerprint density at radius 3 is 2.27 bits per heavy atom. The Morgan fingerprint density at radius 2 is 1.67 bits per heavy atom. The summed E-state index contributed by atoms with van der Waals surface area (Å²) < 4.78 is 0. The van der Waals surface area contributed by atoms with Crippen LogP contribution in [0.2, 0.25) is 0 Å². The standard InChI is InChI=1S/C12H5ClN2/c13-12-5-11(8(6-14)7-15)9-3-1-2-4-10(9)12/h1-5H. The monoisotopic (exact) mass is 212 g/mol. The van der Waals surface area contributed by atoms with Crippen molar-refractivity contribution in [3.63, 3.8) is 0 Å². The van der Waals surface area contributed by atoms with Gasteiger partial charge in [0.2, 0.25) is 0 Å². The lowest BCUT2D eigenvalue weighted by molar-refractivity contribution is 1.46. The molecule has 70 valence electrons. The fraction of sp³-hybridized carbons (Fsp3) is 0. The first-order valence-electron chi connectivity index (χ1n) is 4.29. The van der Waals surface area contributed by atoms with Gasteiger partial charge in [-0.25, -0.2) is 0 Å². The normalized spacial score (nSPS) is 12.5. The van der Waals surface area contributed by atoms with Gasteiger partial charge in [-0.2, -0.15) is 10.5 Å². The van der Waals surface area contributed by atoms with Gasteiger partial charge >= 0.3 is 0 Å². The molecule has 0 bridgehead atoms. The van der Waals surface area contributed by atoms with E-state index in [4.69, 9.17) is 22.1 Å². The van der Waals surface area contributed by atoms with Crippen molar-refractivity contribution >= 4 is 22.2 Å². The van der Waals surface area contributed by atoms with Crippen LogP contribution in [0, 0.1) is 22.7 Å². The molecule has 15 heavy (non-hydrogen) atoms. The predicted octanol–water partition coefficient (Wildman–Crippen LogP) is 3.08. The number of nitriles is 2. The molecule has 0 aromatic heterocycles. The first-order valence-corrected chi connectivity index (χ1v) is 4.67. The van der Waals surface area contributed by atoms with Gasteiger partial charge in [-0.05, 0) is 11.6 Å². The van der Waals surface area contributed by atoms with Crippen LogP contribution < -0.4 is 0 Å². The lowest BCUT2D eigenvalue weighted by Gasteiger charge is -1.99. The first kappa shape index (κ1) is 9.52. The molecule has 1 aromatic rings. The molecule has 0 heterocycles. The summed E-state index contributed by atoms with van der Waals surface area (Å²) in [5, 5.41) is 18.2. The minimum Gasteiger partial charge on any atom is -0.192 e. The maximum Gasteiger partial charge on any atom is 0.137 e. The number of halogens is 1. The molecule has 0 aliphatic heterocycles. The molecule has 1 aliphatic rings. The highest BCUT2D eigenvalue weighted by Gasteiger charge is 2.19. The summed E-state index contributed by atoms with van der Waals surface area (Å²) in [5.41, 5.74) is 2.43. The van der Waals surface area contributed by atoms with Gasteiger partial charge in [-0.3, -0.25) is 0 Å². The molecule has 2 rings (SSSR count). The Hall–Kier alpha value is -2.03. The van der Waals surface area contributed by atoms with Gasteiger partial charge < -0.3 is 0 Å². The second-order valence-corrected chi connectivity index (χ2v) is 3.46. The molecule has 0 N–H and O–H groups in total. The van der Waals surface area contributed by atoms with Crippen molar-refractivity contribution in [2.45, 2.75) is 0 Å². The highest BCUT2D eigenvalue weighted by Crippen LogP contribution is 2.38. The Balaban J connectivity index is 2.75. The summed E-state index contributed by atoms with van der Waals surface area (Å²) in [7, 11) is 0. The summed E-state index contributed by atoms with van der Waals surface area (Å²) in [6.45, 7) is 0. The van der Waals surface area contributed by atoms with Crippen LogP contribution in [-0.2, 0) is 0 Å². The molecule has 2 nitrogen and oxygen atoms in total. The number of fused-ring (bicyclic) bond motifs is 1. The van der Waals surface area contributed by atoms with Crippen LogP contribution in [0.25, 0.3) is 10.6 Å². The van der Waals surface area contributed by atoms with E-state index < -0.39 is 0 Å². The molecule has 1 aromatic carbocycles. The van der Waals surface area contributed by atoms with Crippen molar-refractivity contribution in [2.75, 3.05) is 0 Å². The Bertz CT molecular complexity index is 552. The van der Waals surface area contributed by atoms with Crippen LogP contribution in [0.1, 0.15) is 11.1 Å². The average molecular weight is 213 g/mol. The third kappa shape index (κ3) is 1.42. The first-order chi connectivity index (χ1) is 7.27. The van der Waals surface area contributed by atoms with Crippen LogP contribution in [0.15, 0.2) is 35.9 Å². The van der Waals surface area contributed by atoms with Crippen LogP contribution in [-0.4, -0.2) is 0 Å². The van der Waals surface area contributed by atoms with Crippen LogP contribution in [0.3, 0.4) is 0 Å². The van der Waals surface area contributed by atoms with Gasteiger partial charge in [0.05, 0.1) is 0 Å². The summed E-state index contributed by atoms with van der Waals surface area (Å²) >= 11 is 6.00. The van der Waals surface area contributed by atoms with E-state index in [1.54, 1.807) is 6.08 Å². The molecule has 0 saturated heterocycles. The maximum atomic E-state index is 8.80. The number of benzene rings is 1. The molecule has 0 radical (unpaired) electrons. The van der Waals surface area contributed by atoms with Crippen molar-refractivity contribution in [1.29, 1.82) is 10.5 Å². The average Bonchev–Trinajstić information content (AvgIpc) is 2.60. The van der Waals surface area contributed by atoms with E-state index in [-0.39, 0.29) is 5.57 Å². The summed E-state index contributed by atoms with van der Waals surface area (Å²) in [5.74, 6) is 0. The Kier molecular flexibility index (Phi) is 2.29. The van der Waals surface area contributed by atoms with Crippen molar-refractivity contribution in [1.82, 2.24) is 0 Å². The van der Waals surface area contributed by atoms with E-state index in [9.17, 15) is 0 Å². The van der Waals surface area contributed by atoms with E-state index in [0.29, 0.717) is 10.6 Å². The molecular formula is C12H5ClN2. The number of nitrogens with zero attached hydrogens (tertiary/aromatic N) is 2. The zero-order valence-corrected chi connectivity index (χ0v) is 8.42. The molecule has 0 spiro atoms. The Morgan fingerprint density at radius 1 is 1.07 bits per heavy atom. The summed E-state index contributed by atoms with van der Waals surface area (Å²) in [6, 6.07) is 11.2. The zero-order chi connectivity index (χ0) is 10.8. The van der Waals surface area contributed by atoms with E-state index >= 15 is 0 Å². The van der Waals surface area contributed by atoms with E-state index in [1.165, 1.54) is 0 Å². The molecule has 0 amide bonds. The van der Waals surface area contributed by atoms with Crippen LogP contribution >= 0.6 is 11.6 Å². The maximum absolute atomic E-state index is 8.80. The second-order valence-electron chi connectivity index (χ2n) is 3.05. The van der Waals surface area contributed by atoms with Crippen molar-refractivity contribution in [3.05, 3.63) is 47.0 Å². The molecule has 1 aliphatic carbocycles. The van der Waals surface area contributed by atoms with Gasteiger partial charge in [-0.15, -0.1) is 0 Å². The lowest BCUT2D eigenvalue weighted by atomic mass is 10.0. The molecule has 3 heteroatoms. The van der Waals surface area contributed by atoms with Gasteiger partial charge in [0.1, 0.15) is 17.7 Å². The lowest BCUT2D eigenvalue weighted by Crippen LogP contribution is -1.84. The quantitative estimate of drug-likeness (QED) is 0.621. The van der Waals surface area contributed by atoms with Crippen LogP contribution in [0.4, 0.5) is 0 Å². The SMILES string of the molecule is N#CC(C#N)=C1C=C(Cl)c2ccccc21. The predicted molar refractivity (Wildman–Crippen MR) is 58.4 cm³/mol. The molecule has 0 unspecified atom stereocenters. The van der Waals surface area contributed by atoms with E-state index in [1.807, 2.05) is 36.4 Å². The van der Waals surface area contributed by atoms with Gasteiger partial charge in [0, 0.05) is 16.2 Å². The van der Waals surface area contributed by atoms with Gasteiger partial charge in [0.15, 0.2) is 0 Å². The van der Waals surface area contributed by atoms with Gasteiger partial charge in [0.25, 0.3) is 0 Å².